The van der Waals surface area contributed by atoms with Crippen LogP contribution in [0.3, 0.4) is 0 Å². The first kappa shape index (κ1) is 26.3. The van der Waals surface area contributed by atoms with E-state index >= 15 is 0 Å². The number of hydrogen-bond acceptors (Lipinski definition) is 3. The summed E-state index contributed by atoms with van der Waals surface area (Å²) in [4.78, 5) is 11.6. The number of hydrogen-bond donors (Lipinski definition) is 2. The van der Waals surface area contributed by atoms with Crippen molar-refractivity contribution in [2.75, 3.05) is 5.73 Å². The van der Waals surface area contributed by atoms with Crippen molar-refractivity contribution in [3.05, 3.63) is 23.3 Å². The summed E-state index contributed by atoms with van der Waals surface area (Å²) in [5.41, 5.74) is 7.65. The predicted molar refractivity (Wildman–Crippen MR) is 128 cm³/mol. The highest BCUT2D eigenvalue weighted by Crippen LogP contribution is 2.32. The van der Waals surface area contributed by atoms with Gasteiger partial charge in [0.05, 0.1) is 17.4 Å². The molecule has 0 spiro atoms. The van der Waals surface area contributed by atoms with Crippen LogP contribution in [0.25, 0.3) is 0 Å². The van der Waals surface area contributed by atoms with Crippen molar-refractivity contribution >= 4 is 11.7 Å². The van der Waals surface area contributed by atoms with Crippen LogP contribution in [0, 0.1) is 0 Å². The number of rotatable bonds is 18. The zero-order chi connectivity index (χ0) is 22.2. The molecule has 0 aliphatic rings. The molecule has 0 radical (unpaired) electrons. The Morgan fingerprint density at radius 3 is 1.77 bits per heavy atom. The topological polar surface area (TPSA) is 72.5 Å². The van der Waals surface area contributed by atoms with E-state index < -0.39 is 5.97 Å². The maximum atomic E-state index is 11.6. The molecule has 0 fully saturated rings. The number of aromatic carboxylic acids is 1. The first-order valence-corrected chi connectivity index (χ1v) is 12.3. The van der Waals surface area contributed by atoms with Crippen LogP contribution in [-0.4, -0.2) is 17.2 Å². The molecule has 0 heterocycles. The number of unbranched alkanes of at least 4 members (excludes halogenated alkanes) is 13. The summed E-state index contributed by atoms with van der Waals surface area (Å²) in [6.07, 6.45) is 19.0. The molecule has 0 saturated carbocycles. The third-order valence-corrected chi connectivity index (χ3v) is 5.66. The van der Waals surface area contributed by atoms with E-state index in [0.717, 1.165) is 18.4 Å². The molecule has 0 aliphatic carbocycles. The summed E-state index contributed by atoms with van der Waals surface area (Å²) in [6.45, 7) is 6.13. The van der Waals surface area contributed by atoms with Crippen LogP contribution in [0.5, 0.6) is 5.75 Å². The van der Waals surface area contributed by atoms with Crippen molar-refractivity contribution in [1.29, 1.82) is 0 Å². The van der Waals surface area contributed by atoms with Gasteiger partial charge >= 0.3 is 5.97 Å². The fourth-order valence-corrected chi connectivity index (χ4v) is 3.97. The molecule has 4 heteroatoms. The van der Waals surface area contributed by atoms with Crippen molar-refractivity contribution in [3.63, 3.8) is 0 Å². The molecule has 4 nitrogen and oxygen atoms in total. The van der Waals surface area contributed by atoms with E-state index in [9.17, 15) is 9.90 Å². The lowest BCUT2D eigenvalue weighted by Crippen LogP contribution is -2.13. The molecular formula is C26H45NO3. The maximum Gasteiger partial charge on any atom is 0.336 e. The highest BCUT2D eigenvalue weighted by Gasteiger charge is 2.18. The second-order valence-corrected chi connectivity index (χ2v) is 8.83. The number of carboxylic acid groups (broad SMARTS) is 1. The summed E-state index contributed by atoms with van der Waals surface area (Å²) in [7, 11) is 0. The lowest BCUT2D eigenvalue weighted by molar-refractivity contribution is 0.0694. The molecular weight excluding hydrogens is 374 g/mol. The van der Waals surface area contributed by atoms with E-state index in [4.69, 9.17) is 10.5 Å². The Balaban J connectivity index is 2.23. The second kappa shape index (κ2) is 16.0. The van der Waals surface area contributed by atoms with Gasteiger partial charge in [-0.25, -0.2) is 4.79 Å². The first-order chi connectivity index (χ1) is 14.5. The van der Waals surface area contributed by atoms with Crippen molar-refractivity contribution in [3.8, 4) is 5.75 Å². The fourth-order valence-electron chi connectivity index (χ4n) is 3.97. The van der Waals surface area contributed by atoms with E-state index in [1.165, 1.54) is 77.0 Å². The third kappa shape index (κ3) is 10.9. The smallest absolute Gasteiger partial charge is 0.336 e. The number of nitrogen functional groups attached to an aromatic ring is 1. The molecule has 3 N–H and O–H groups in total. The van der Waals surface area contributed by atoms with Gasteiger partial charge in [0.25, 0.3) is 0 Å². The van der Waals surface area contributed by atoms with Crippen LogP contribution in [0.1, 0.15) is 127 Å². The quantitative estimate of drug-likeness (QED) is 0.188. The van der Waals surface area contributed by atoms with Gasteiger partial charge in [-0.15, -0.1) is 0 Å². The van der Waals surface area contributed by atoms with Crippen molar-refractivity contribution < 1.29 is 14.6 Å². The van der Waals surface area contributed by atoms with Crippen LogP contribution in [0.15, 0.2) is 12.1 Å². The van der Waals surface area contributed by atoms with Crippen LogP contribution in [0.2, 0.25) is 0 Å². The first-order valence-electron chi connectivity index (χ1n) is 12.3. The number of nitrogens with two attached hydrogens (primary N) is 1. The van der Waals surface area contributed by atoms with Gasteiger partial charge in [0.15, 0.2) is 0 Å². The summed E-state index contributed by atoms with van der Waals surface area (Å²) in [6, 6.07) is 3.24. The molecule has 0 aliphatic heterocycles. The lowest BCUT2D eigenvalue weighted by atomic mass is 9.98. The third-order valence-electron chi connectivity index (χ3n) is 5.66. The Bertz CT molecular complexity index is 598. The maximum absolute atomic E-state index is 11.6. The van der Waals surface area contributed by atoms with Gasteiger partial charge in [0, 0.05) is 5.56 Å². The zero-order valence-electron chi connectivity index (χ0n) is 19.7. The van der Waals surface area contributed by atoms with Gasteiger partial charge in [-0.2, -0.15) is 0 Å². The SMILES string of the molecule is CCCCCCCCCCCCCCCCc1c(C(=O)O)ccc(N)c1OC(C)C. The average Bonchev–Trinajstić information content (AvgIpc) is 2.70. The number of ether oxygens (including phenoxy) is 1. The highest BCUT2D eigenvalue weighted by molar-refractivity contribution is 5.91. The number of carboxylic acids is 1. The van der Waals surface area contributed by atoms with Crippen LogP contribution < -0.4 is 10.5 Å². The van der Waals surface area contributed by atoms with Gasteiger partial charge < -0.3 is 15.6 Å². The standard InChI is InChI=1S/C26H45NO3/c1-4-5-6-7-8-9-10-11-12-13-14-15-16-17-18-22-23(26(28)29)19-20-24(27)25(22)30-21(2)3/h19-21H,4-18,27H2,1-3H3,(H,28,29). The predicted octanol–water partition coefficient (Wildman–Crippen LogP) is 7.78. The van der Waals surface area contributed by atoms with Crippen LogP contribution >= 0.6 is 0 Å². The monoisotopic (exact) mass is 419 g/mol. The minimum atomic E-state index is -0.913. The Hall–Kier alpha value is -1.71. The van der Waals surface area contributed by atoms with Crippen molar-refractivity contribution in [2.24, 2.45) is 0 Å². The average molecular weight is 420 g/mol. The number of carbonyl (C=O) groups is 1. The van der Waals surface area contributed by atoms with Gasteiger partial charge in [0.2, 0.25) is 0 Å². The molecule has 1 aromatic carbocycles. The Morgan fingerprint density at radius 2 is 1.33 bits per heavy atom. The van der Waals surface area contributed by atoms with Crippen LogP contribution in [0.4, 0.5) is 5.69 Å². The van der Waals surface area contributed by atoms with E-state index in [0.29, 0.717) is 23.4 Å². The minimum Gasteiger partial charge on any atom is -0.489 e. The van der Waals surface area contributed by atoms with Crippen molar-refractivity contribution in [1.82, 2.24) is 0 Å². The van der Waals surface area contributed by atoms with E-state index in [1.54, 1.807) is 12.1 Å². The molecule has 0 aromatic heterocycles. The number of benzene rings is 1. The molecule has 0 saturated heterocycles. The van der Waals surface area contributed by atoms with Crippen LogP contribution in [-0.2, 0) is 6.42 Å². The van der Waals surface area contributed by atoms with E-state index in [2.05, 4.69) is 6.92 Å². The Labute approximate surface area is 184 Å². The second-order valence-electron chi connectivity index (χ2n) is 8.83. The molecule has 1 aromatic rings. The molecule has 0 unspecified atom stereocenters. The lowest BCUT2D eigenvalue weighted by Gasteiger charge is -2.18. The summed E-state index contributed by atoms with van der Waals surface area (Å²) >= 11 is 0. The zero-order valence-corrected chi connectivity index (χ0v) is 19.7. The molecule has 0 amide bonds. The van der Waals surface area contributed by atoms with Crippen molar-refractivity contribution in [2.45, 2.75) is 123 Å². The van der Waals surface area contributed by atoms with Gasteiger partial charge in [0.1, 0.15) is 5.75 Å². The summed E-state index contributed by atoms with van der Waals surface area (Å²) in [5, 5.41) is 9.53. The highest BCUT2D eigenvalue weighted by atomic mass is 16.5. The van der Waals surface area contributed by atoms with E-state index in [-0.39, 0.29) is 6.10 Å². The largest absolute Gasteiger partial charge is 0.489 e. The van der Waals surface area contributed by atoms with E-state index in [1.807, 2.05) is 13.8 Å². The summed E-state index contributed by atoms with van der Waals surface area (Å²) in [5.74, 6) is -0.358. The molecule has 0 bridgehead atoms. The van der Waals surface area contributed by atoms with Gasteiger partial charge in [-0.3, -0.25) is 0 Å². The normalized spacial score (nSPS) is 11.2. The number of anilines is 1. The molecule has 172 valence electrons. The van der Waals surface area contributed by atoms with Gasteiger partial charge in [-0.1, -0.05) is 90.4 Å². The fraction of sp³-hybridized carbons (Fsp3) is 0.731. The molecule has 0 atom stereocenters. The van der Waals surface area contributed by atoms with Gasteiger partial charge in [-0.05, 0) is 38.8 Å². The Kier molecular flexibility index (Phi) is 14.1. The molecule has 1 rings (SSSR count). The summed E-state index contributed by atoms with van der Waals surface area (Å²) < 4.78 is 5.85. The molecule has 30 heavy (non-hydrogen) atoms. The minimum absolute atomic E-state index is 0.0357. The Morgan fingerprint density at radius 1 is 0.867 bits per heavy atom.